The van der Waals surface area contributed by atoms with Crippen LogP contribution in [0.25, 0.3) is 0 Å². The number of methoxy groups -OCH3 is 1. The van der Waals surface area contributed by atoms with Crippen molar-refractivity contribution in [2.24, 2.45) is 0 Å². The minimum Gasteiger partial charge on any atom is -0.467 e. The smallest absolute Gasteiger partial charge is 0.337 e. The molecule has 1 fully saturated rings. The van der Waals surface area contributed by atoms with Crippen LogP contribution in [0.15, 0.2) is 16.5 Å². The Morgan fingerprint density at radius 3 is 3.00 bits per heavy atom. The highest BCUT2D eigenvalue weighted by molar-refractivity contribution is 7.91. The molecule has 1 aromatic heterocycles. The van der Waals surface area contributed by atoms with E-state index in [0.29, 0.717) is 13.0 Å². The maximum absolute atomic E-state index is 12.1. The summed E-state index contributed by atoms with van der Waals surface area (Å²) in [5, 5.41) is 0. The Bertz CT molecular complexity index is 572. The number of carbonyl (C=O) groups excluding carboxylic acids is 1. The molecule has 0 radical (unpaired) electrons. The van der Waals surface area contributed by atoms with Crippen molar-refractivity contribution >= 4 is 27.5 Å². The summed E-state index contributed by atoms with van der Waals surface area (Å²) >= 11 is 0.906. The lowest BCUT2D eigenvalue weighted by Gasteiger charge is -2.35. The number of ether oxygens (including phenoxy) is 2. The van der Waals surface area contributed by atoms with Crippen LogP contribution in [0.5, 0.6) is 0 Å². The first-order chi connectivity index (χ1) is 9.37. The van der Waals surface area contributed by atoms with Crippen LogP contribution in [0.2, 0.25) is 0 Å². The number of sulfonamides is 1. The second-order valence-electron chi connectivity index (χ2n) is 4.71. The van der Waals surface area contributed by atoms with E-state index in [4.69, 9.17) is 9.47 Å². The summed E-state index contributed by atoms with van der Waals surface area (Å²) in [5.41, 5.74) is -1.12. The van der Waals surface area contributed by atoms with Crippen molar-refractivity contribution in [3.05, 3.63) is 12.3 Å². The zero-order valence-corrected chi connectivity index (χ0v) is 12.8. The van der Waals surface area contributed by atoms with E-state index in [-0.39, 0.29) is 16.7 Å². The van der Waals surface area contributed by atoms with Gasteiger partial charge in [0.25, 0.3) is 10.0 Å². The molecule has 2 unspecified atom stereocenters. The lowest BCUT2D eigenvalue weighted by molar-refractivity contribution is -0.174. The Labute approximate surface area is 121 Å². The first kappa shape index (κ1) is 15.4. The lowest BCUT2D eigenvalue weighted by Crippen LogP contribution is -2.51. The number of nitrogens with one attached hydrogen (secondary N) is 1. The molecule has 7 nitrogen and oxygen atoms in total. The summed E-state index contributed by atoms with van der Waals surface area (Å²) in [4.78, 5) is 11.7. The van der Waals surface area contributed by atoms with E-state index >= 15 is 0 Å². The Kier molecular flexibility index (Phi) is 4.43. The van der Waals surface area contributed by atoms with Gasteiger partial charge in [0.15, 0.2) is 9.81 Å². The second-order valence-corrected chi connectivity index (χ2v) is 7.49. The molecule has 0 aromatic carbocycles. The van der Waals surface area contributed by atoms with E-state index in [1.807, 2.05) is 0 Å². The van der Waals surface area contributed by atoms with E-state index in [0.717, 1.165) is 11.5 Å². The molecule has 2 atom stereocenters. The topological polar surface area (TPSA) is 94.6 Å². The number of nitrogens with zero attached hydrogens (tertiary/aromatic N) is 1. The number of rotatable bonds is 4. The fraction of sp³-hybridized carbons (Fsp3) is 0.636. The first-order valence-corrected chi connectivity index (χ1v) is 8.28. The van der Waals surface area contributed by atoms with E-state index in [1.165, 1.54) is 19.4 Å². The van der Waals surface area contributed by atoms with Crippen molar-refractivity contribution in [2.45, 2.75) is 35.6 Å². The zero-order chi connectivity index (χ0) is 14.8. The Hall–Kier alpha value is -1.03. The number of hydrogen-bond donors (Lipinski definition) is 1. The van der Waals surface area contributed by atoms with Gasteiger partial charge in [0.1, 0.15) is 0 Å². The van der Waals surface area contributed by atoms with E-state index < -0.39 is 21.6 Å². The van der Waals surface area contributed by atoms with Gasteiger partial charge in [-0.05, 0) is 30.9 Å². The van der Waals surface area contributed by atoms with Crippen LogP contribution in [0, 0.1) is 0 Å². The maximum atomic E-state index is 12.1. The summed E-state index contributed by atoms with van der Waals surface area (Å²) in [7, 11) is -2.32. The maximum Gasteiger partial charge on any atom is 0.337 e. The van der Waals surface area contributed by atoms with Crippen molar-refractivity contribution in [2.75, 3.05) is 13.7 Å². The summed E-state index contributed by atoms with van der Waals surface area (Å²) in [6.45, 7) is 1.90. The minimum atomic E-state index is -3.60. The Morgan fingerprint density at radius 1 is 1.65 bits per heavy atom. The molecule has 20 heavy (non-hydrogen) atoms. The molecule has 1 saturated heterocycles. The highest BCUT2D eigenvalue weighted by Gasteiger charge is 2.42. The molecule has 2 heterocycles. The molecule has 0 spiro atoms. The number of carbonyl (C=O) groups is 1. The van der Waals surface area contributed by atoms with Gasteiger partial charge in [0, 0.05) is 25.3 Å². The normalized spacial score (nSPS) is 27.2. The van der Waals surface area contributed by atoms with Crippen LogP contribution in [-0.2, 0) is 24.3 Å². The van der Waals surface area contributed by atoms with Crippen molar-refractivity contribution in [1.82, 2.24) is 9.10 Å². The van der Waals surface area contributed by atoms with Crippen molar-refractivity contribution < 1.29 is 22.7 Å². The van der Waals surface area contributed by atoms with Gasteiger partial charge in [-0.15, -0.1) is 0 Å². The van der Waals surface area contributed by atoms with Gasteiger partial charge in [-0.3, -0.25) is 0 Å². The molecule has 1 aromatic rings. The Balaban J connectivity index is 2.09. The fourth-order valence-electron chi connectivity index (χ4n) is 2.14. The van der Waals surface area contributed by atoms with Crippen molar-refractivity contribution in [3.8, 4) is 0 Å². The van der Waals surface area contributed by atoms with Gasteiger partial charge < -0.3 is 9.47 Å². The van der Waals surface area contributed by atoms with Gasteiger partial charge in [-0.2, -0.15) is 4.37 Å². The highest BCUT2D eigenvalue weighted by atomic mass is 32.2. The van der Waals surface area contributed by atoms with Gasteiger partial charge in [0.2, 0.25) is 0 Å². The van der Waals surface area contributed by atoms with Gasteiger partial charge >= 0.3 is 5.97 Å². The third-order valence-corrected chi connectivity index (χ3v) is 5.88. The molecule has 1 aliphatic heterocycles. The molecule has 0 amide bonds. The third kappa shape index (κ3) is 3.17. The molecular weight excluding hydrogens is 304 g/mol. The standard InChI is InChI=1S/C11H16N2O5S2/c1-11(10(14)17-2)7-8(4-6-18-11)13-20(15,16)9-3-5-12-19-9/h3,5,8,13H,4,6-7H2,1-2H3. The van der Waals surface area contributed by atoms with Crippen LogP contribution < -0.4 is 4.72 Å². The van der Waals surface area contributed by atoms with Gasteiger partial charge in [-0.25, -0.2) is 17.9 Å². The summed E-state index contributed by atoms with van der Waals surface area (Å²) in [5.74, 6) is -0.501. The summed E-state index contributed by atoms with van der Waals surface area (Å²) < 4.78 is 40.9. The quantitative estimate of drug-likeness (QED) is 0.813. The SMILES string of the molecule is COC(=O)C1(C)CC(NS(=O)(=O)c2ccns2)CCO1. The van der Waals surface area contributed by atoms with Crippen LogP contribution >= 0.6 is 11.5 Å². The first-order valence-electron chi connectivity index (χ1n) is 6.03. The molecular formula is C11H16N2O5S2. The van der Waals surface area contributed by atoms with Gasteiger partial charge in [-0.1, -0.05) is 0 Å². The molecule has 0 saturated carbocycles. The molecule has 2 rings (SSSR count). The molecule has 1 aliphatic rings. The number of aromatic nitrogens is 1. The van der Waals surface area contributed by atoms with E-state index in [9.17, 15) is 13.2 Å². The van der Waals surface area contributed by atoms with Gasteiger partial charge in [0.05, 0.1) is 7.11 Å². The summed E-state index contributed by atoms with van der Waals surface area (Å²) in [6, 6.07) is 1.06. The van der Waals surface area contributed by atoms with E-state index in [1.54, 1.807) is 6.92 Å². The van der Waals surface area contributed by atoms with Crippen LogP contribution in [0.3, 0.4) is 0 Å². The number of esters is 1. The largest absolute Gasteiger partial charge is 0.467 e. The molecule has 0 bridgehead atoms. The predicted octanol–water partition coefficient (Wildman–Crippen LogP) is 0.532. The third-order valence-electron chi connectivity index (χ3n) is 3.14. The molecule has 0 aliphatic carbocycles. The molecule has 9 heteroatoms. The summed E-state index contributed by atoms with van der Waals surface area (Å²) in [6.07, 6.45) is 2.17. The Morgan fingerprint density at radius 2 is 2.40 bits per heavy atom. The average Bonchev–Trinajstić information content (AvgIpc) is 2.92. The van der Waals surface area contributed by atoms with Crippen LogP contribution in [0.4, 0.5) is 0 Å². The van der Waals surface area contributed by atoms with Crippen molar-refractivity contribution in [1.29, 1.82) is 0 Å². The van der Waals surface area contributed by atoms with Crippen molar-refractivity contribution in [3.63, 3.8) is 0 Å². The van der Waals surface area contributed by atoms with E-state index in [2.05, 4.69) is 9.10 Å². The molecule has 1 N–H and O–H groups in total. The monoisotopic (exact) mass is 320 g/mol. The number of hydrogen-bond acceptors (Lipinski definition) is 7. The molecule has 112 valence electrons. The predicted molar refractivity (Wildman–Crippen MR) is 71.8 cm³/mol. The van der Waals surface area contributed by atoms with Crippen LogP contribution in [-0.4, -0.2) is 44.1 Å². The average molecular weight is 320 g/mol. The van der Waals surface area contributed by atoms with Crippen LogP contribution in [0.1, 0.15) is 19.8 Å². The minimum absolute atomic E-state index is 0.156. The fourth-order valence-corrected chi connectivity index (χ4v) is 4.15. The lowest BCUT2D eigenvalue weighted by atomic mass is 9.93. The highest BCUT2D eigenvalue weighted by Crippen LogP contribution is 2.27. The zero-order valence-electron chi connectivity index (χ0n) is 11.2. The second kappa shape index (κ2) is 5.76.